The van der Waals surface area contributed by atoms with Crippen LogP contribution >= 0.6 is 0 Å². The van der Waals surface area contributed by atoms with Gasteiger partial charge >= 0.3 is 6.18 Å². The molecule has 0 radical (unpaired) electrons. The van der Waals surface area contributed by atoms with E-state index in [1.165, 1.54) is 6.92 Å². The highest BCUT2D eigenvalue weighted by Crippen LogP contribution is 2.59. The molecular formula is C22H25F4N2O2-. The van der Waals surface area contributed by atoms with Gasteiger partial charge < -0.3 is 15.2 Å². The number of nitrogens with one attached hydrogen (secondary N) is 1. The number of alkyl halides is 3. The smallest absolute Gasteiger partial charge is 0.416 e. The number of rotatable bonds is 4. The van der Waals surface area contributed by atoms with Crippen molar-refractivity contribution in [2.24, 2.45) is 10.8 Å². The molecule has 164 valence electrons. The summed E-state index contributed by atoms with van der Waals surface area (Å²) in [5.41, 5.74) is -4.56. The summed E-state index contributed by atoms with van der Waals surface area (Å²) in [5, 5.41) is 25.6. The summed E-state index contributed by atoms with van der Waals surface area (Å²) >= 11 is 0. The molecule has 0 aromatic heterocycles. The zero-order valence-corrected chi connectivity index (χ0v) is 17.6. The van der Waals surface area contributed by atoms with Crippen LogP contribution in [0.4, 0.5) is 17.6 Å². The molecule has 1 aromatic carbocycles. The van der Waals surface area contributed by atoms with Gasteiger partial charge in [0.25, 0.3) is 0 Å². The van der Waals surface area contributed by atoms with Crippen molar-refractivity contribution in [1.82, 2.24) is 5.32 Å². The van der Waals surface area contributed by atoms with Crippen molar-refractivity contribution in [3.63, 3.8) is 0 Å². The quantitative estimate of drug-likeness (QED) is 0.731. The summed E-state index contributed by atoms with van der Waals surface area (Å²) in [4.78, 5) is 12.7. The van der Waals surface area contributed by atoms with Gasteiger partial charge in [-0.05, 0) is 36.5 Å². The van der Waals surface area contributed by atoms with Crippen LogP contribution in [-0.4, -0.2) is 12.0 Å². The summed E-state index contributed by atoms with van der Waals surface area (Å²) in [7, 11) is 0. The lowest BCUT2D eigenvalue weighted by atomic mass is 9.50. The lowest BCUT2D eigenvalue weighted by molar-refractivity contribution is -0.328. The number of allylic oxidation sites excluding steroid dienone is 2. The Morgan fingerprint density at radius 1 is 1.30 bits per heavy atom. The van der Waals surface area contributed by atoms with E-state index in [0.717, 1.165) is 12.1 Å². The van der Waals surface area contributed by atoms with Crippen LogP contribution in [0.2, 0.25) is 0 Å². The van der Waals surface area contributed by atoms with E-state index in [1.54, 1.807) is 20.8 Å². The maximum absolute atomic E-state index is 13.9. The Kier molecular flexibility index (Phi) is 6.27. The number of nitrogens with zero attached hydrogens (tertiary/aromatic N) is 1. The number of hydrogen-bond acceptors (Lipinski definition) is 4. The molecule has 2 rings (SSSR count). The number of carbonyl (C=O) groups is 1. The topological polar surface area (TPSA) is 76.0 Å². The number of carboxylic acids is 1. The maximum Gasteiger partial charge on any atom is 0.416 e. The van der Waals surface area contributed by atoms with Crippen LogP contribution in [0, 0.1) is 28.0 Å². The minimum absolute atomic E-state index is 0.126. The van der Waals surface area contributed by atoms with E-state index in [1.807, 2.05) is 13.0 Å². The molecule has 0 saturated heterocycles. The minimum atomic E-state index is -4.94. The van der Waals surface area contributed by atoms with E-state index in [-0.39, 0.29) is 5.57 Å². The molecule has 0 spiro atoms. The zero-order valence-electron chi connectivity index (χ0n) is 17.6. The van der Waals surface area contributed by atoms with Gasteiger partial charge in [0.1, 0.15) is 5.82 Å². The van der Waals surface area contributed by atoms with Crippen LogP contribution in [0.1, 0.15) is 64.5 Å². The first-order valence-corrected chi connectivity index (χ1v) is 9.68. The average molecular weight is 425 g/mol. The molecule has 3 unspecified atom stereocenters. The van der Waals surface area contributed by atoms with E-state index in [0.29, 0.717) is 24.6 Å². The van der Waals surface area contributed by atoms with E-state index < -0.39 is 51.9 Å². The molecule has 0 bridgehead atoms. The Hall–Kier alpha value is -2.56. The highest BCUT2D eigenvalue weighted by molar-refractivity contribution is 5.79. The average Bonchev–Trinajstić information content (AvgIpc) is 2.59. The van der Waals surface area contributed by atoms with Crippen LogP contribution in [0.15, 0.2) is 29.5 Å². The Morgan fingerprint density at radius 2 is 1.90 bits per heavy atom. The molecule has 1 N–H and O–H groups in total. The molecule has 4 nitrogen and oxygen atoms in total. The predicted molar refractivity (Wildman–Crippen MR) is 101 cm³/mol. The lowest BCUT2D eigenvalue weighted by Crippen LogP contribution is -2.66. The van der Waals surface area contributed by atoms with Gasteiger partial charge in [0.2, 0.25) is 0 Å². The van der Waals surface area contributed by atoms with Crippen molar-refractivity contribution >= 4 is 5.97 Å². The molecule has 1 aliphatic heterocycles. The predicted octanol–water partition coefficient (Wildman–Crippen LogP) is 4.28. The first-order chi connectivity index (χ1) is 13.7. The zero-order chi connectivity index (χ0) is 23.1. The van der Waals surface area contributed by atoms with Gasteiger partial charge in [-0.1, -0.05) is 40.2 Å². The number of carboxylic acid groups (broad SMARTS) is 1. The molecule has 30 heavy (non-hydrogen) atoms. The van der Waals surface area contributed by atoms with Crippen LogP contribution in [-0.2, 0) is 11.0 Å². The van der Waals surface area contributed by atoms with Crippen LogP contribution in [0.3, 0.4) is 0 Å². The number of carbonyl (C=O) groups excluding carboxylic acids is 1. The SMILES string of the molecule is CCCC1NC(C)=C(C#N)C(c2ccc(F)cc2C(F)(F)F)C1(C(=O)[O-])C(C)(C)C. The molecule has 8 heteroatoms. The molecule has 0 amide bonds. The van der Waals surface area contributed by atoms with Gasteiger partial charge in [-0.3, -0.25) is 0 Å². The van der Waals surface area contributed by atoms with Crippen molar-refractivity contribution in [3.8, 4) is 6.07 Å². The van der Waals surface area contributed by atoms with E-state index in [9.17, 15) is 32.7 Å². The molecule has 0 saturated carbocycles. The number of halogens is 4. The van der Waals surface area contributed by atoms with Gasteiger partial charge in [-0.2, -0.15) is 18.4 Å². The molecule has 3 atom stereocenters. The van der Waals surface area contributed by atoms with Crippen molar-refractivity contribution in [3.05, 3.63) is 46.4 Å². The number of benzene rings is 1. The standard InChI is InChI=1S/C22H26F4N2O2/c1-6-7-17-21(19(29)30,20(3,4)5)18(15(11-27)12(2)28-17)14-9-8-13(23)10-16(14)22(24,25)26/h8-10,17-18,28H,6-7H2,1-5H3,(H,29,30)/p-1. The van der Waals surface area contributed by atoms with Gasteiger partial charge in [-0.15, -0.1) is 0 Å². The largest absolute Gasteiger partial charge is 0.549 e. The van der Waals surface area contributed by atoms with Crippen molar-refractivity contribution in [2.75, 3.05) is 0 Å². The molecule has 1 aromatic rings. The third-order valence-electron chi connectivity index (χ3n) is 6.00. The van der Waals surface area contributed by atoms with Crippen LogP contribution in [0.25, 0.3) is 0 Å². The second kappa shape index (κ2) is 7.93. The first kappa shape index (κ1) is 23.7. The molecule has 0 fully saturated rings. The highest BCUT2D eigenvalue weighted by atomic mass is 19.4. The van der Waals surface area contributed by atoms with E-state index in [4.69, 9.17) is 0 Å². The number of nitriles is 1. The van der Waals surface area contributed by atoms with E-state index in [2.05, 4.69) is 5.32 Å². The molecular weight excluding hydrogens is 400 g/mol. The van der Waals surface area contributed by atoms with Crippen molar-refractivity contribution < 1.29 is 27.5 Å². The third-order valence-corrected chi connectivity index (χ3v) is 6.00. The molecule has 1 aliphatic rings. The summed E-state index contributed by atoms with van der Waals surface area (Å²) < 4.78 is 55.4. The van der Waals surface area contributed by atoms with Gasteiger partial charge in [0.15, 0.2) is 0 Å². The van der Waals surface area contributed by atoms with Crippen molar-refractivity contribution in [1.29, 1.82) is 5.26 Å². The summed E-state index contributed by atoms with van der Waals surface area (Å²) in [6.07, 6.45) is -4.05. The van der Waals surface area contributed by atoms with Gasteiger partial charge in [0, 0.05) is 23.1 Å². The fraction of sp³-hybridized carbons (Fsp3) is 0.545. The Bertz CT molecular complexity index is 909. The fourth-order valence-corrected chi connectivity index (χ4v) is 4.78. The number of hydrogen-bond donors (Lipinski definition) is 1. The van der Waals surface area contributed by atoms with Crippen LogP contribution in [0.5, 0.6) is 0 Å². The molecule has 0 aliphatic carbocycles. The second-order valence-corrected chi connectivity index (χ2v) is 8.70. The van der Waals surface area contributed by atoms with Gasteiger partial charge in [0.05, 0.1) is 23.2 Å². The Labute approximate surface area is 173 Å². The summed E-state index contributed by atoms with van der Waals surface area (Å²) in [6.45, 7) is 8.18. The molecule has 1 heterocycles. The second-order valence-electron chi connectivity index (χ2n) is 8.70. The fourth-order valence-electron chi connectivity index (χ4n) is 4.78. The summed E-state index contributed by atoms with van der Waals surface area (Å²) in [6, 6.07) is 3.25. The maximum atomic E-state index is 13.9. The summed E-state index contributed by atoms with van der Waals surface area (Å²) in [5.74, 6) is -4.12. The normalized spacial score (nSPS) is 24.9. The lowest BCUT2D eigenvalue weighted by Gasteiger charge is -2.58. The number of aliphatic carboxylic acids is 1. The Morgan fingerprint density at radius 3 is 2.33 bits per heavy atom. The van der Waals surface area contributed by atoms with E-state index >= 15 is 0 Å². The van der Waals surface area contributed by atoms with Crippen LogP contribution < -0.4 is 10.4 Å². The Balaban J connectivity index is 3.06. The van der Waals surface area contributed by atoms with Gasteiger partial charge in [-0.25, -0.2) is 4.39 Å². The third kappa shape index (κ3) is 3.66. The highest BCUT2D eigenvalue weighted by Gasteiger charge is 2.59. The monoisotopic (exact) mass is 425 g/mol. The van der Waals surface area contributed by atoms with Crippen molar-refractivity contribution in [2.45, 2.75) is 65.6 Å². The first-order valence-electron chi connectivity index (χ1n) is 9.68. The minimum Gasteiger partial charge on any atom is -0.549 e.